The second kappa shape index (κ2) is 17.4. The first kappa shape index (κ1) is 36.1. The maximum Gasteiger partial charge on any atom is 0.243 e. The summed E-state index contributed by atoms with van der Waals surface area (Å²) in [7, 11) is -3.87. The number of sulfonamides is 1. The number of carbonyl (C=O) groups excluding carboxylic acids is 2. The molecule has 0 aliphatic carbocycles. The van der Waals surface area contributed by atoms with Gasteiger partial charge in [0.15, 0.2) is 0 Å². The molecule has 0 saturated carbocycles. The van der Waals surface area contributed by atoms with Crippen molar-refractivity contribution in [3.63, 3.8) is 0 Å². The van der Waals surface area contributed by atoms with Crippen molar-refractivity contribution in [1.82, 2.24) is 14.9 Å². The minimum absolute atomic E-state index is 0.0389. The maximum absolute atomic E-state index is 13.9. The van der Waals surface area contributed by atoms with Crippen LogP contribution >= 0.6 is 0 Å². The van der Waals surface area contributed by atoms with Gasteiger partial charge in [-0.3, -0.25) is 9.59 Å². The van der Waals surface area contributed by atoms with Gasteiger partial charge in [-0.15, -0.1) is 0 Å². The summed E-state index contributed by atoms with van der Waals surface area (Å²) < 4.78 is 34.0. The smallest absolute Gasteiger partial charge is 0.243 e. The number of carbonyl (C=O) groups is 2. The lowest BCUT2D eigenvalue weighted by Crippen LogP contribution is -2.52. The van der Waals surface area contributed by atoms with Gasteiger partial charge in [0.2, 0.25) is 21.8 Å². The number of unbranched alkanes of at least 4 members (excludes halogenated alkanes) is 1. The fraction of sp³-hybridized carbons (Fsp3) is 0.444. The highest BCUT2D eigenvalue weighted by atomic mass is 32.2. The number of nitrogens with one attached hydrogen (secondary N) is 2. The molecule has 10 nitrogen and oxygen atoms in total. The Hall–Kier alpha value is -3.77. The highest BCUT2D eigenvalue weighted by molar-refractivity contribution is 7.89. The lowest BCUT2D eigenvalue weighted by molar-refractivity contribution is -0.131. The number of anilines is 1. The van der Waals surface area contributed by atoms with Crippen LogP contribution in [0.25, 0.3) is 0 Å². The summed E-state index contributed by atoms with van der Waals surface area (Å²) >= 11 is 0. The third kappa shape index (κ3) is 9.87. The van der Waals surface area contributed by atoms with Crippen LogP contribution in [0.1, 0.15) is 56.6 Å². The first-order chi connectivity index (χ1) is 22.6. The molecule has 0 radical (unpaired) electrons. The third-order valence-corrected chi connectivity index (χ3v) is 10.4. The molecule has 254 valence electrons. The monoisotopic (exact) mass is 664 g/mol. The van der Waals surface area contributed by atoms with Crippen molar-refractivity contribution in [2.24, 2.45) is 11.8 Å². The molecule has 3 atom stereocenters. The van der Waals surface area contributed by atoms with Crippen molar-refractivity contribution in [3.05, 3.63) is 96.1 Å². The number of ether oxygens (including phenoxy) is 1. The second-order valence-corrected chi connectivity index (χ2v) is 14.4. The summed E-state index contributed by atoms with van der Waals surface area (Å²) in [5.41, 5.74) is 8.04. The van der Waals surface area contributed by atoms with E-state index in [4.69, 9.17) is 10.5 Å². The Kier molecular flexibility index (Phi) is 13.4. The van der Waals surface area contributed by atoms with Crippen LogP contribution in [0, 0.1) is 11.8 Å². The van der Waals surface area contributed by atoms with Crippen molar-refractivity contribution in [2.45, 2.75) is 62.4 Å². The van der Waals surface area contributed by atoms with Gasteiger partial charge < -0.3 is 26.2 Å². The van der Waals surface area contributed by atoms with E-state index >= 15 is 0 Å². The minimum atomic E-state index is -3.87. The van der Waals surface area contributed by atoms with E-state index in [9.17, 15) is 23.1 Å². The fourth-order valence-corrected chi connectivity index (χ4v) is 7.75. The van der Waals surface area contributed by atoms with Gasteiger partial charge in [0.1, 0.15) is 6.04 Å². The maximum atomic E-state index is 13.9. The van der Waals surface area contributed by atoms with Crippen LogP contribution in [-0.4, -0.2) is 74.6 Å². The molecule has 47 heavy (non-hydrogen) atoms. The Morgan fingerprint density at radius 1 is 0.957 bits per heavy atom. The number of nitrogen functional groups attached to an aromatic ring is 1. The summed E-state index contributed by atoms with van der Waals surface area (Å²) in [6, 6.07) is 23.9. The van der Waals surface area contributed by atoms with E-state index in [1.54, 1.807) is 12.1 Å². The molecule has 0 spiro atoms. The number of nitrogens with two attached hydrogens (primary N) is 1. The zero-order valence-corrected chi connectivity index (χ0v) is 28.1. The molecular formula is C36H48N4O6S. The summed E-state index contributed by atoms with van der Waals surface area (Å²) in [6.45, 7) is 4.95. The molecule has 0 bridgehead atoms. The summed E-state index contributed by atoms with van der Waals surface area (Å²) in [6.07, 6.45) is 2.13. The van der Waals surface area contributed by atoms with Gasteiger partial charge in [-0.05, 0) is 60.6 Å². The molecule has 1 fully saturated rings. The number of benzene rings is 3. The Bertz CT molecular complexity index is 1470. The Labute approximate surface area is 278 Å². The number of aliphatic hydroxyl groups is 1. The molecule has 4 rings (SSSR count). The van der Waals surface area contributed by atoms with Crippen LogP contribution in [0.3, 0.4) is 0 Å². The summed E-state index contributed by atoms with van der Waals surface area (Å²) in [5.74, 6) is -1.22. The topological polar surface area (TPSA) is 151 Å². The van der Waals surface area contributed by atoms with Gasteiger partial charge >= 0.3 is 0 Å². The highest BCUT2D eigenvalue weighted by Gasteiger charge is 2.35. The molecule has 3 unspecified atom stereocenters. The van der Waals surface area contributed by atoms with Gasteiger partial charge in [-0.1, -0.05) is 80.9 Å². The van der Waals surface area contributed by atoms with E-state index in [1.165, 1.54) is 16.4 Å². The molecule has 1 heterocycles. The van der Waals surface area contributed by atoms with Crippen LogP contribution in [0.2, 0.25) is 0 Å². The van der Waals surface area contributed by atoms with Crippen LogP contribution in [-0.2, 0) is 24.3 Å². The van der Waals surface area contributed by atoms with E-state index in [1.807, 2.05) is 74.5 Å². The molecular weight excluding hydrogens is 616 g/mol. The Balaban J connectivity index is 1.45. The van der Waals surface area contributed by atoms with Crippen LogP contribution in [0.4, 0.5) is 5.69 Å². The molecule has 3 aromatic rings. The summed E-state index contributed by atoms with van der Waals surface area (Å²) in [5, 5.41) is 16.4. The van der Waals surface area contributed by atoms with E-state index in [2.05, 4.69) is 10.6 Å². The van der Waals surface area contributed by atoms with Gasteiger partial charge in [0.25, 0.3) is 0 Å². The average molecular weight is 665 g/mol. The van der Waals surface area contributed by atoms with Crippen molar-refractivity contribution in [1.29, 1.82) is 0 Å². The Morgan fingerprint density at radius 2 is 1.57 bits per heavy atom. The third-order valence-electron chi connectivity index (χ3n) is 8.44. The first-order valence-electron chi connectivity index (χ1n) is 16.4. The molecule has 1 saturated heterocycles. The lowest BCUT2D eigenvalue weighted by Gasteiger charge is -2.31. The minimum Gasteiger partial charge on any atom is -0.399 e. The van der Waals surface area contributed by atoms with Crippen LogP contribution in [0.5, 0.6) is 0 Å². The molecule has 1 aliphatic heterocycles. The zero-order valence-electron chi connectivity index (χ0n) is 27.3. The molecule has 5 N–H and O–H groups in total. The van der Waals surface area contributed by atoms with E-state index in [0.717, 1.165) is 11.1 Å². The fourth-order valence-electron chi connectivity index (χ4n) is 5.94. The number of rotatable bonds is 17. The predicted molar refractivity (Wildman–Crippen MR) is 183 cm³/mol. The van der Waals surface area contributed by atoms with Gasteiger partial charge in [-0.2, -0.15) is 4.31 Å². The van der Waals surface area contributed by atoms with Crippen molar-refractivity contribution < 1.29 is 27.9 Å². The SMILES string of the molecule is CC(C)CN(C(CO)CCCCNC(=O)C(NC(=O)C1CCOC1)C(c1ccccc1)c1ccccc1)S(=O)(=O)c1ccc(N)cc1. The highest BCUT2D eigenvalue weighted by Crippen LogP contribution is 2.29. The van der Waals surface area contributed by atoms with Crippen molar-refractivity contribution in [2.75, 3.05) is 38.6 Å². The van der Waals surface area contributed by atoms with Gasteiger partial charge in [-0.25, -0.2) is 8.42 Å². The average Bonchev–Trinajstić information content (AvgIpc) is 3.62. The molecule has 2 amide bonds. The molecule has 3 aromatic carbocycles. The predicted octanol–water partition coefficient (Wildman–Crippen LogP) is 3.92. The quantitative estimate of drug-likeness (QED) is 0.126. The lowest BCUT2D eigenvalue weighted by atomic mass is 9.84. The standard InChI is InChI=1S/C36H48N4O6S/c1-26(2)23-40(47(44,45)32-18-16-30(37)17-19-32)31(24-41)15-9-10-21-38-36(43)34(39-35(42)29-20-22-46-25-29)33(27-11-5-3-6-12-27)28-13-7-4-8-14-28/h3-8,11-14,16-19,26,29,31,33-34,41H,9-10,15,20-25,37H2,1-2H3,(H,38,43)(H,39,42). The van der Waals surface area contributed by atoms with E-state index < -0.39 is 28.0 Å². The van der Waals surface area contributed by atoms with Crippen molar-refractivity contribution in [3.8, 4) is 0 Å². The van der Waals surface area contributed by atoms with Crippen molar-refractivity contribution >= 4 is 27.5 Å². The molecule has 11 heteroatoms. The van der Waals surface area contributed by atoms with Crippen LogP contribution < -0.4 is 16.4 Å². The largest absolute Gasteiger partial charge is 0.399 e. The number of amides is 2. The Morgan fingerprint density at radius 3 is 2.11 bits per heavy atom. The number of aliphatic hydroxyl groups excluding tert-OH is 1. The van der Waals surface area contributed by atoms with Crippen LogP contribution in [0.15, 0.2) is 89.8 Å². The zero-order chi connectivity index (χ0) is 33.8. The molecule has 1 aliphatic rings. The normalized spacial score (nSPS) is 16.3. The number of nitrogens with zero attached hydrogens (tertiary/aromatic N) is 1. The van der Waals surface area contributed by atoms with Gasteiger partial charge in [0, 0.05) is 37.3 Å². The number of hydrogen-bond acceptors (Lipinski definition) is 7. The van der Waals surface area contributed by atoms with Gasteiger partial charge in [0.05, 0.1) is 24.0 Å². The summed E-state index contributed by atoms with van der Waals surface area (Å²) in [4.78, 5) is 27.3. The van der Waals surface area contributed by atoms with E-state index in [-0.39, 0.29) is 41.7 Å². The molecule has 0 aromatic heterocycles. The number of hydrogen-bond donors (Lipinski definition) is 4. The second-order valence-electron chi connectivity index (χ2n) is 12.5. The van der Waals surface area contributed by atoms with E-state index in [0.29, 0.717) is 51.1 Å². The first-order valence-corrected chi connectivity index (χ1v) is 17.8.